The number of aryl methyl sites for hydroxylation is 1. The SMILES string of the molecule is CCc1ccsc1C(Br)c1c(F)cc(OC)cc1F. The fraction of sp³-hybridized carbons (Fsp3) is 0.286. The summed E-state index contributed by atoms with van der Waals surface area (Å²) < 4.78 is 32.9. The Balaban J connectivity index is 2.47. The molecule has 1 atom stereocenters. The normalized spacial score (nSPS) is 12.5. The van der Waals surface area contributed by atoms with E-state index in [4.69, 9.17) is 4.74 Å². The van der Waals surface area contributed by atoms with Crippen LogP contribution in [-0.2, 0) is 6.42 Å². The van der Waals surface area contributed by atoms with Gasteiger partial charge in [0.05, 0.1) is 11.9 Å². The van der Waals surface area contributed by atoms with Gasteiger partial charge in [-0.1, -0.05) is 22.9 Å². The third-order valence-electron chi connectivity index (χ3n) is 2.93. The molecule has 0 amide bonds. The highest BCUT2D eigenvalue weighted by atomic mass is 79.9. The van der Waals surface area contributed by atoms with Crippen molar-refractivity contribution in [2.24, 2.45) is 0 Å². The van der Waals surface area contributed by atoms with E-state index in [2.05, 4.69) is 15.9 Å². The standard InChI is InChI=1S/C14H13BrF2OS/c1-3-8-4-5-19-14(8)13(15)12-10(16)6-9(18-2)7-11(12)17/h4-7,13H,3H2,1-2H3. The first-order valence-electron chi connectivity index (χ1n) is 5.81. The van der Waals surface area contributed by atoms with Crippen LogP contribution in [0.15, 0.2) is 23.6 Å². The molecule has 0 radical (unpaired) electrons. The molecule has 0 spiro atoms. The highest BCUT2D eigenvalue weighted by Crippen LogP contribution is 2.40. The zero-order valence-corrected chi connectivity index (χ0v) is 12.9. The number of alkyl halides is 1. The quantitative estimate of drug-likeness (QED) is 0.701. The fourth-order valence-electron chi connectivity index (χ4n) is 1.91. The van der Waals surface area contributed by atoms with Crippen LogP contribution in [0.4, 0.5) is 8.78 Å². The molecule has 0 bridgehead atoms. The van der Waals surface area contributed by atoms with Crippen LogP contribution in [0.5, 0.6) is 5.75 Å². The Morgan fingerprint density at radius 1 is 1.32 bits per heavy atom. The summed E-state index contributed by atoms with van der Waals surface area (Å²) >= 11 is 4.90. The molecule has 1 aromatic heterocycles. The summed E-state index contributed by atoms with van der Waals surface area (Å²) in [6, 6.07) is 4.38. The number of rotatable bonds is 4. The minimum atomic E-state index is -0.603. The van der Waals surface area contributed by atoms with Crippen molar-refractivity contribution in [2.75, 3.05) is 7.11 Å². The third-order valence-corrected chi connectivity index (χ3v) is 5.18. The minimum absolute atomic E-state index is 0.0259. The van der Waals surface area contributed by atoms with Crippen molar-refractivity contribution in [1.82, 2.24) is 0 Å². The van der Waals surface area contributed by atoms with Crippen LogP contribution in [0.2, 0.25) is 0 Å². The van der Waals surface area contributed by atoms with E-state index in [1.807, 2.05) is 18.4 Å². The van der Waals surface area contributed by atoms with Crippen LogP contribution in [0, 0.1) is 11.6 Å². The number of benzene rings is 1. The van der Waals surface area contributed by atoms with Gasteiger partial charge in [-0.25, -0.2) is 8.78 Å². The predicted octanol–water partition coefficient (Wildman–Crippen LogP) is 5.08. The Labute approximate surface area is 123 Å². The van der Waals surface area contributed by atoms with Crippen LogP contribution < -0.4 is 4.74 Å². The zero-order valence-electron chi connectivity index (χ0n) is 10.5. The molecule has 0 fully saturated rings. The van der Waals surface area contributed by atoms with E-state index in [9.17, 15) is 8.78 Å². The van der Waals surface area contributed by atoms with Gasteiger partial charge in [0.15, 0.2) is 0 Å². The number of hydrogen-bond acceptors (Lipinski definition) is 2. The summed E-state index contributed by atoms with van der Waals surface area (Å²) in [5.41, 5.74) is 1.12. The second-order valence-corrected chi connectivity index (χ2v) is 5.89. The molecule has 19 heavy (non-hydrogen) atoms. The van der Waals surface area contributed by atoms with Gasteiger partial charge in [0.1, 0.15) is 17.4 Å². The van der Waals surface area contributed by atoms with E-state index in [1.54, 1.807) is 0 Å². The van der Waals surface area contributed by atoms with Crippen molar-refractivity contribution in [3.8, 4) is 5.75 Å². The van der Waals surface area contributed by atoms with E-state index in [0.717, 1.165) is 16.9 Å². The first kappa shape index (κ1) is 14.5. The maximum atomic E-state index is 14.0. The van der Waals surface area contributed by atoms with Crippen molar-refractivity contribution >= 4 is 27.3 Å². The summed E-state index contributed by atoms with van der Waals surface area (Å²) in [5, 5.41) is 1.93. The lowest BCUT2D eigenvalue weighted by atomic mass is 10.1. The minimum Gasteiger partial charge on any atom is -0.497 e. The molecule has 1 unspecified atom stereocenters. The summed E-state index contributed by atoms with van der Waals surface area (Å²) in [6.45, 7) is 2.02. The van der Waals surface area contributed by atoms with Crippen molar-refractivity contribution in [3.05, 3.63) is 51.2 Å². The fourth-order valence-corrected chi connectivity index (χ4v) is 3.95. The Kier molecular flexibility index (Phi) is 4.58. The van der Waals surface area contributed by atoms with E-state index in [0.29, 0.717) is 0 Å². The van der Waals surface area contributed by atoms with Crippen LogP contribution in [0.25, 0.3) is 0 Å². The van der Waals surface area contributed by atoms with Gasteiger partial charge in [-0.2, -0.15) is 0 Å². The molecule has 2 aromatic rings. The summed E-state index contributed by atoms with van der Waals surface area (Å²) in [6.07, 6.45) is 0.834. The summed E-state index contributed by atoms with van der Waals surface area (Å²) in [4.78, 5) is 0.457. The van der Waals surface area contributed by atoms with Gasteiger partial charge in [0, 0.05) is 22.6 Å². The topological polar surface area (TPSA) is 9.23 Å². The highest BCUT2D eigenvalue weighted by Gasteiger charge is 2.23. The first-order chi connectivity index (χ1) is 9.08. The molecule has 0 aliphatic heterocycles. The van der Waals surface area contributed by atoms with Gasteiger partial charge in [0.25, 0.3) is 0 Å². The lowest BCUT2D eigenvalue weighted by Crippen LogP contribution is -2.02. The number of hydrogen-bond donors (Lipinski definition) is 0. The van der Waals surface area contributed by atoms with Crippen LogP contribution in [0.1, 0.15) is 27.8 Å². The Morgan fingerprint density at radius 2 is 1.95 bits per heavy atom. The highest BCUT2D eigenvalue weighted by molar-refractivity contribution is 9.09. The molecule has 5 heteroatoms. The molecule has 0 saturated heterocycles. The monoisotopic (exact) mass is 346 g/mol. The van der Waals surface area contributed by atoms with Crippen molar-refractivity contribution in [1.29, 1.82) is 0 Å². The van der Waals surface area contributed by atoms with Crippen molar-refractivity contribution in [3.63, 3.8) is 0 Å². The Morgan fingerprint density at radius 3 is 2.47 bits per heavy atom. The lowest BCUT2D eigenvalue weighted by molar-refractivity contribution is 0.405. The maximum absolute atomic E-state index is 14.0. The molecule has 1 nitrogen and oxygen atoms in total. The van der Waals surface area contributed by atoms with Crippen LogP contribution in [-0.4, -0.2) is 7.11 Å². The van der Waals surface area contributed by atoms with E-state index < -0.39 is 16.5 Å². The van der Waals surface area contributed by atoms with Crippen molar-refractivity contribution < 1.29 is 13.5 Å². The Bertz CT molecular complexity index is 560. The Hall–Kier alpha value is -0.940. The second kappa shape index (κ2) is 6.01. The third kappa shape index (κ3) is 2.82. The number of halogens is 3. The van der Waals surface area contributed by atoms with E-state index >= 15 is 0 Å². The molecule has 2 rings (SSSR count). The molecule has 0 N–H and O–H groups in total. The number of ether oxygens (including phenoxy) is 1. The summed E-state index contributed by atoms with van der Waals surface area (Å²) in [7, 11) is 1.38. The van der Waals surface area contributed by atoms with Gasteiger partial charge in [-0.15, -0.1) is 11.3 Å². The van der Waals surface area contributed by atoms with E-state index in [-0.39, 0.29) is 11.3 Å². The molecule has 0 saturated carbocycles. The molecule has 1 heterocycles. The molecule has 0 aliphatic rings. The first-order valence-corrected chi connectivity index (χ1v) is 7.61. The maximum Gasteiger partial charge on any atom is 0.134 e. The molecular weight excluding hydrogens is 334 g/mol. The van der Waals surface area contributed by atoms with Gasteiger partial charge in [-0.3, -0.25) is 0 Å². The van der Waals surface area contributed by atoms with Crippen molar-refractivity contribution in [2.45, 2.75) is 18.2 Å². The second-order valence-electron chi connectivity index (χ2n) is 4.03. The zero-order chi connectivity index (χ0) is 14.0. The molecule has 102 valence electrons. The average molecular weight is 347 g/mol. The summed E-state index contributed by atoms with van der Waals surface area (Å²) in [5.74, 6) is -1.02. The smallest absolute Gasteiger partial charge is 0.134 e. The molecule has 0 aliphatic carbocycles. The van der Waals surface area contributed by atoms with Gasteiger partial charge < -0.3 is 4.74 Å². The molecular formula is C14H13BrF2OS. The number of methoxy groups -OCH3 is 1. The van der Waals surface area contributed by atoms with E-state index in [1.165, 1.54) is 30.6 Å². The molecule has 1 aromatic carbocycles. The van der Waals surface area contributed by atoms with Gasteiger partial charge in [-0.05, 0) is 23.4 Å². The number of thiophene rings is 1. The largest absolute Gasteiger partial charge is 0.497 e. The van der Waals surface area contributed by atoms with Gasteiger partial charge >= 0.3 is 0 Å². The average Bonchev–Trinajstić information content (AvgIpc) is 2.85. The van der Waals surface area contributed by atoms with Gasteiger partial charge in [0.2, 0.25) is 0 Å². The lowest BCUT2D eigenvalue weighted by Gasteiger charge is -2.14. The van der Waals surface area contributed by atoms with Crippen LogP contribution in [0.3, 0.4) is 0 Å². The predicted molar refractivity (Wildman–Crippen MR) is 77.4 cm³/mol. The van der Waals surface area contributed by atoms with Crippen LogP contribution >= 0.6 is 27.3 Å².